The van der Waals surface area contributed by atoms with Gasteiger partial charge in [-0.05, 0) is 24.3 Å². The van der Waals surface area contributed by atoms with Crippen molar-refractivity contribution in [2.24, 2.45) is 0 Å². The van der Waals surface area contributed by atoms with E-state index in [1.807, 2.05) is 24.5 Å². The zero-order valence-electron chi connectivity index (χ0n) is 6.62. The van der Waals surface area contributed by atoms with Gasteiger partial charge in [0.15, 0.2) is 0 Å². The van der Waals surface area contributed by atoms with Gasteiger partial charge >= 0.3 is 0 Å². The van der Waals surface area contributed by atoms with Gasteiger partial charge in [0.1, 0.15) is 0 Å². The van der Waals surface area contributed by atoms with Gasteiger partial charge < -0.3 is 0 Å². The van der Waals surface area contributed by atoms with Crippen LogP contribution in [0.4, 0.5) is 0 Å². The Kier molecular flexibility index (Phi) is 3.61. The van der Waals surface area contributed by atoms with E-state index >= 15 is 0 Å². The molecule has 0 atom stereocenters. The molecule has 0 bridgehead atoms. The summed E-state index contributed by atoms with van der Waals surface area (Å²) in [6.45, 7) is 3.63. The molecule has 0 aliphatic carbocycles. The summed E-state index contributed by atoms with van der Waals surface area (Å²) < 4.78 is 0. The molecule has 0 aliphatic rings. The number of benzene rings is 1. The van der Waals surface area contributed by atoms with Gasteiger partial charge in [0, 0.05) is 16.2 Å². The zero-order valence-corrected chi connectivity index (χ0v) is 7.43. The minimum absolute atomic E-state index is 0.595. The average molecular weight is 177 g/mol. The summed E-state index contributed by atoms with van der Waals surface area (Å²) in [7, 11) is 0. The summed E-state index contributed by atoms with van der Waals surface area (Å²) in [5.74, 6) is 0.893. The molecule has 0 saturated heterocycles. The third kappa shape index (κ3) is 2.55. The monoisotopic (exact) mass is 177 g/mol. The normalized spacial score (nSPS) is 9.33. The van der Waals surface area contributed by atoms with E-state index in [1.54, 1.807) is 23.9 Å². The van der Waals surface area contributed by atoms with Crippen LogP contribution in [0.25, 0.3) is 0 Å². The molecular formula is C10H9OS. The van der Waals surface area contributed by atoms with E-state index < -0.39 is 0 Å². The summed E-state index contributed by atoms with van der Waals surface area (Å²) in [5, 5.41) is 0. The molecule has 1 rings (SSSR count). The molecule has 2 heteroatoms. The number of thioether (sulfide) groups is 1. The van der Waals surface area contributed by atoms with Crippen molar-refractivity contribution < 1.29 is 4.79 Å². The van der Waals surface area contributed by atoms with Crippen molar-refractivity contribution in [2.75, 3.05) is 5.75 Å². The first kappa shape index (κ1) is 9.07. The highest BCUT2D eigenvalue weighted by Gasteiger charge is 1.92. The quantitative estimate of drug-likeness (QED) is 0.519. The van der Waals surface area contributed by atoms with Gasteiger partial charge in [-0.3, -0.25) is 4.79 Å². The second-order valence-corrected chi connectivity index (χ2v) is 3.32. The predicted molar refractivity (Wildman–Crippen MR) is 52.2 cm³/mol. The molecule has 1 radical (unpaired) electrons. The second-order valence-electron chi connectivity index (χ2n) is 2.23. The van der Waals surface area contributed by atoms with Crippen molar-refractivity contribution in [3.05, 3.63) is 42.5 Å². The molecule has 0 saturated carbocycles. The molecule has 61 valence electrons. The van der Waals surface area contributed by atoms with Crippen molar-refractivity contribution in [1.29, 1.82) is 0 Å². The van der Waals surface area contributed by atoms with Crippen LogP contribution in [0.2, 0.25) is 0 Å². The van der Waals surface area contributed by atoms with E-state index in [-0.39, 0.29) is 0 Å². The van der Waals surface area contributed by atoms with Gasteiger partial charge in [-0.2, -0.15) is 0 Å². The Balaban J connectivity index is 2.64. The molecule has 1 aromatic rings. The van der Waals surface area contributed by atoms with E-state index in [0.29, 0.717) is 5.56 Å². The fourth-order valence-corrected chi connectivity index (χ4v) is 1.41. The summed E-state index contributed by atoms with van der Waals surface area (Å²) in [5.41, 5.74) is 0.595. The maximum Gasteiger partial charge on any atom is 0.233 e. The van der Waals surface area contributed by atoms with Crippen LogP contribution in [0.3, 0.4) is 0 Å². The van der Waals surface area contributed by atoms with E-state index in [9.17, 15) is 4.79 Å². The fourth-order valence-electron chi connectivity index (χ4n) is 0.774. The van der Waals surface area contributed by atoms with Crippen molar-refractivity contribution in [3.63, 3.8) is 0 Å². The molecule has 0 N–H and O–H groups in total. The first-order valence-electron chi connectivity index (χ1n) is 3.58. The summed E-state index contributed by atoms with van der Waals surface area (Å²) in [6, 6.07) is 7.35. The number of hydrogen-bond acceptors (Lipinski definition) is 2. The Morgan fingerprint density at radius 2 is 2.08 bits per heavy atom. The molecule has 0 fully saturated rings. The molecule has 0 aliphatic heterocycles. The highest BCUT2D eigenvalue weighted by atomic mass is 32.2. The standard InChI is InChI=1S/C10H9OS/c1-2-7-12-10-5-3-9(8-11)4-6-10/h2-6H,1,7H2. The SMILES string of the molecule is C=CCSc1ccc([C]=O)cc1. The lowest BCUT2D eigenvalue weighted by Crippen LogP contribution is -1.79. The van der Waals surface area contributed by atoms with Gasteiger partial charge in [-0.1, -0.05) is 6.08 Å². The van der Waals surface area contributed by atoms with E-state index in [0.717, 1.165) is 10.6 Å². The predicted octanol–water partition coefficient (Wildman–Crippen LogP) is 2.42. The molecular weight excluding hydrogens is 168 g/mol. The number of hydrogen-bond donors (Lipinski definition) is 0. The van der Waals surface area contributed by atoms with Crippen molar-refractivity contribution in [2.45, 2.75) is 4.90 Å². The summed E-state index contributed by atoms with van der Waals surface area (Å²) in [6.07, 6.45) is 3.68. The average Bonchev–Trinajstić information content (AvgIpc) is 2.15. The molecule has 0 heterocycles. The van der Waals surface area contributed by atoms with Gasteiger partial charge in [-0.15, -0.1) is 18.3 Å². The third-order valence-corrected chi connectivity index (χ3v) is 2.35. The molecule has 0 spiro atoms. The fraction of sp³-hybridized carbons (Fsp3) is 0.100. The zero-order chi connectivity index (χ0) is 8.81. The van der Waals surface area contributed by atoms with Gasteiger partial charge in [0.05, 0.1) is 0 Å². The van der Waals surface area contributed by atoms with Crippen LogP contribution in [0.15, 0.2) is 41.8 Å². The first-order chi connectivity index (χ1) is 5.86. The lowest BCUT2D eigenvalue weighted by Gasteiger charge is -1.96. The molecule has 0 unspecified atom stereocenters. The van der Waals surface area contributed by atoms with E-state index in [4.69, 9.17) is 0 Å². The minimum Gasteiger partial charge on any atom is -0.285 e. The van der Waals surface area contributed by atoms with E-state index in [2.05, 4.69) is 6.58 Å². The Hall–Kier alpha value is -1.02. The number of carbonyl (C=O) groups excluding carboxylic acids is 1. The first-order valence-corrected chi connectivity index (χ1v) is 4.57. The maximum absolute atomic E-state index is 10.2. The van der Waals surface area contributed by atoms with Crippen molar-refractivity contribution >= 4 is 18.0 Å². The Bertz CT molecular complexity index is 264. The number of rotatable bonds is 4. The van der Waals surface area contributed by atoms with Crippen molar-refractivity contribution in [3.8, 4) is 0 Å². The van der Waals surface area contributed by atoms with Crippen LogP contribution in [-0.4, -0.2) is 12.0 Å². The molecule has 1 aromatic carbocycles. The largest absolute Gasteiger partial charge is 0.285 e. The highest BCUT2D eigenvalue weighted by Crippen LogP contribution is 2.17. The Labute approximate surface area is 76.5 Å². The molecule has 0 amide bonds. The van der Waals surface area contributed by atoms with Gasteiger partial charge in [-0.25, -0.2) is 0 Å². The molecule has 1 nitrogen and oxygen atoms in total. The van der Waals surface area contributed by atoms with Gasteiger partial charge in [0.2, 0.25) is 6.29 Å². The Morgan fingerprint density at radius 1 is 1.42 bits per heavy atom. The maximum atomic E-state index is 10.2. The third-order valence-electron chi connectivity index (χ3n) is 1.34. The van der Waals surface area contributed by atoms with E-state index in [1.165, 1.54) is 0 Å². The highest BCUT2D eigenvalue weighted by molar-refractivity contribution is 7.99. The van der Waals surface area contributed by atoms with Crippen LogP contribution in [0, 0.1) is 0 Å². The van der Waals surface area contributed by atoms with Crippen LogP contribution in [0.1, 0.15) is 5.56 Å². The van der Waals surface area contributed by atoms with Gasteiger partial charge in [0.25, 0.3) is 0 Å². The topological polar surface area (TPSA) is 17.1 Å². The minimum atomic E-state index is 0.595. The van der Waals surface area contributed by atoms with Crippen LogP contribution >= 0.6 is 11.8 Å². The van der Waals surface area contributed by atoms with Crippen molar-refractivity contribution in [1.82, 2.24) is 0 Å². The summed E-state index contributed by atoms with van der Waals surface area (Å²) >= 11 is 1.69. The molecule has 0 aromatic heterocycles. The Morgan fingerprint density at radius 3 is 2.58 bits per heavy atom. The molecule has 12 heavy (non-hydrogen) atoms. The lowest BCUT2D eigenvalue weighted by molar-refractivity contribution is 0.562. The second kappa shape index (κ2) is 4.78. The van der Waals surface area contributed by atoms with Crippen LogP contribution in [0.5, 0.6) is 0 Å². The lowest BCUT2D eigenvalue weighted by atomic mass is 10.2. The van der Waals surface area contributed by atoms with Crippen LogP contribution in [-0.2, 0) is 4.79 Å². The smallest absolute Gasteiger partial charge is 0.233 e. The van der Waals surface area contributed by atoms with Crippen LogP contribution < -0.4 is 0 Å². The summed E-state index contributed by atoms with van der Waals surface area (Å²) in [4.78, 5) is 11.3.